The first-order valence-corrected chi connectivity index (χ1v) is 5.38. The van der Waals surface area contributed by atoms with Gasteiger partial charge < -0.3 is 15.4 Å². The van der Waals surface area contributed by atoms with Gasteiger partial charge in [-0.3, -0.25) is 9.59 Å². The Balaban J connectivity index is 2.03. The molecule has 1 aromatic rings. The summed E-state index contributed by atoms with van der Waals surface area (Å²) >= 11 is 0. The molecule has 0 saturated carbocycles. The van der Waals surface area contributed by atoms with E-state index in [9.17, 15) is 9.59 Å². The molecule has 18 heavy (non-hydrogen) atoms. The highest BCUT2D eigenvalue weighted by atomic mass is 16.5. The third-order valence-corrected chi connectivity index (χ3v) is 2.41. The summed E-state index contributed by atoms with van der Waals surface area (Å²) in [5.41, 5.74) is 1.42. The van der Waals surface area contributed by atoms with E-state index in [0.717, 1.165) is 5.56 Å². The van der Waals surface area contributed by atoms with E-state index in [0.29, 0.717) is 18.0 Å². The third kappa shape index (κ3) is 2.77. The van der Waals surface area contributed by atoms with E-state index < -0.39 is 0 Å². The van der Waals surface area contributed by atoms with Crippen LogP contribution in [0.15, 0.2) is 18.2 Å². The minimum absolute atomic E-state index is 0.0191. The number of nitrogens with zero attached hydrogens (tertiary/aromatic N) is 1. The van der Waals surface area contributed by atoms with E-state index in [1.165, 1.54) is 0 Å². The van der Waals surface area contributed by atoms with Crippen molar-refractivity contribution in [2.45, 2.75) is 13.0 Å². The van der Waals surface area contributed by atoms with Crippen molar-refractivity contribution >= 4 is 17.5 Å². The highest BCUT2D eigenvalue weighted by Gasteiger charge is 2.15. The van der Waals surface area contributed by atoms with Gasteiger partial charge >= 0.3 is 0 Å². The molecule has 0 aliphatic carbocycles. The zero-order valence-corrected chi connectivity index (χ0v) is 9.53. The van der Waals surface area contributed by atoms with E-state index >= 15 is 0 Å². The molecule has 0 unspecified atom stereocenters. The molecule has 1 aliphatic heterocycles. The first-order valence-electron chi connectivity index (χ1n) is 5.38. The Bertz CT molecular complexity index is 534. The quantitative estimate of drug-likeness (QED) is 0.813. The fraction of sp³-hybridized carbons (Fsp3) is 0.250. The predicted octanol–water partition coefficient (Wildman–Crippen LogP) is 0.547. The highest BCUT2D eigenvalue weighted by molar-refractivity contribution is 5.95. The van der Waals surface area contributed by atoms with Crippen molar-refractivity contribution in [2.75, 3.05) is 11.9 Å². The molecule has 6 heteroatoms. The molecule has 0 radical (unpaired) electrons. The average Bonchev–Trinajstić information content (AvgIpc) is 2.36. The van der Waals surface area contributed by atoms with Gasteiger partial charge in [0, 0.05) is 6.54 Å². The molecule has 2 N–H and O–H groups in total. The van der Waals surface area contributed by atoms with Gasteiger partial charge in [0.1, 0.15) is 12.2 Å². The number of amides is 2. The molecule has 1 aliphatic rings. The number of carbonyl (C=O) groups is 2. The number of benzene rings is 1. The lowest BCUT2D eigenvalue weighted by atomic mass is 10.1. The van der Waals surface area contributed by atoms with Gasteiger partial charge in [0.25, 0.3) is 5.91 Å². The van der Waals surface area contributed by atoms with Crippen LogP contribution < -0.4 is 15.4 Å². The summed E-state index contributed by atoms with van der Waals surface area (Å²) < 4.78 is 5.21. The Morgan fingerprint density at radius 3 is 3.17 bits per heavy atom. The van der Waals surface area contributed by atoms with Crippen LogP contribution in [0.25, 0.3) is 0 Å². The Labute approximate surface area is 104 Å². The van der Waals surface area contributed by atoms with Gasteiger partial charge in [0.15, 0.2) is 6.61 Å². The van der Waals surface area contributed by atoms with Crippen molar-refractivity contribution in [3.05, 3.63) is 23.8 Å². The summed E-state index contributed by atoms with van der Waals surface area (Å²) in [5.74, 6) is 0.0883. The minimum Gasteiger partial charge on any atom is -0.482 e. The van der Waals surface area contributed by atoms with Gasteiger partial charge in [-0.2, -0.15) is 5.26 Å². The van der Waals surface area contributed by atoms with Crippen LogP contribution in [-0.2, 0) is 16.1 Å². The molecule has 0 bridgehead atoms. The smallest absolute Gasteiger partial charge is 0.262 e. The van der Waals surface area contributed by atoms with Crippen molar-refractivity contribution in [1.29, 1.82) is 5.26 Å². The number of fused-ring (bicyclic) bond motifs is 1. The SMILES string of the molecule is N#CCC(=O)NCc1ccc2c(c1)NC(=O)CO2. The van der Waals surface area contributed by atoms with E-state index in [1.54, 1.807) is 24.3 Å². The number of nitriles is 1. The molecule has 2 amide bonds. The summed E-state index contributed by atoms with van der Waals surface area (Å²) in [5, 5.41) is 13.6. The molecule has 92 valence electrons. The van der Waals surface area contributed by atoms with Crippen LogP contribution in [0.5, 0.6) is 5.75 Å². The summed E-state index contributed by atoms with van der Waals surface area (Å²) in [4.78, 5) is 22.3. The number of rotatable bonds is 3. The Morgan fingerprint density at radius 1 is 1.56 bits per heavy atom. The van der Waals surface area contributed by atoms with Crippen molar-refractivity contribution in [2.24, 2.45) is 0 Å². The zero-order chi connectivity index (χ0) is 13.0. The maximum Gasteiger partial charge on any atom is 0.262 e. The van der Waals surface area contributed by atoms with Crippen LogP contribution in [0.4, 0.5) is 5.69 Å². The van der Waals surface area contributed by atoms with Gasteiger partial charge in [-0.1, -0.05) is 6.07 Å². The maximum atomic E-state index is 11.1. The summed E-state index contributed by atoms with van der Waals surface area (Å²) in [7, 11) is 0. The zero-order valence-electron chi connectivity index (χ0n) is 9.53. The van der Waals surface area contributed by atoms with Crippen LogP contribution in [-0.4, -0.2) is 18.4 Å². The number of nitrogens with one attached hydrogen (secondary N) is 2. The molecule has 0 atom stereocenters. The molecule has 0 fully saturated rings. The van der Waals surface area contributed by atoms with Gasteiger partial charge in [0.05, 0.1) is 11.8 Å². The molecule has 2 rings (SSSR count). The summed E-state index contributed by atoms with van der Waals surface area (Å²) in [6.07, 6.45) is -0.162. The standard InChI is InChI=1S/C12H11N3O3/c13-4-3-11(16)14-6-8-1-2-10-9(5-8)15-12(17)7-18-10/h1-2,5H,3,6-7H2,(H,14,16)(H,15,17). The van der Waals surface area contributed by atoms with Gasteiger partial charge in [0.2, 0.25) is 5.91 Å². The number of hydrogen-bond donors (Lipinski definition) is 2. The van der Waals surface area contributed by atoms with E-state index in [1.807, 2.05) is 0 Å². The third-order valence-electron chi connectivity index (χ3n) is 2.41. The minimum atomic E-state index is -0.324. The van der Waals surface area contributed by atoms with Crippen LogP contribution in [0, 0.1) is 11.3 Å². The second kappa shape index (κ2) is 5.19. The highest BCUT2D eigenvalue weighted by Crippen LogP contribution is 2.28. The molecule has 6 nitrogen and oxygen atoms in total. The topological polar surface area (TPSA) is 91.2 Å². The molecule has 0 saturated heterocycles. The van der Waals surface area contributed by atoms with Gasteiger partial charge in [-0.05, 0) is 17.7 Å². The number of ether oxygens (including phenoxy) is 1. The monoisotopic (exact) mass is 245 g/mol. The van der Waals surface area contributed by atoms with Crippen LogP contribution in [0.1, 0.15) is 12.0 Å². The number of anilines is 1. The van der Waals surface area contributed by atoms with Crippen molar-refractivity contribution in [1.82, 2.24) is 5.32 Å². The van der Waals surface area contributed by atoms with E-state index in [2.05, 4.69) is 10.6 Å². The van der Waals surface area contributed by atoms with E-state index in [-0.39, 0.29) is 24.8 Å². The maximum absolute atomic E-state index is 11.1. The second-order valence-corrected chi connectivity index (χ2v) is 3.78. The number of hydrogen-bond acceptors (Lipinski definition) is 4. The second-order valence-electron chi connectivity index (χ2n) is 3.78. The van der Waals surface area contributed by atoms with Crippen molar-refractivity contribution < 1.29 is 14.3 Å². The fourth-order valence-electron chi connectivity index (χ4n) is 1.58. The lowest BCUT2D eigenvalue weighted by Crippen LogP contribution is -2.26. The van der Waals surface area contributed by atoms with Crippen LogP contribution >= 0.6 is 0 Å². The first-order chi connectivity index (χ1) is 8.69. The van der Waals surface area contributed by atoms with E-state index in [4.69, 9.17) is 10.00 Å². The van der Waals surface area contributed by atoms with Crippen molar-refractivity contribution in [3.63, 3.8) is 0 Å². The Kier molecular flexibility index (Phi) is 3.44. The molecule has 1 heterocycles. The molecule has 0 aromatic heterocycles. The van der Waals surface area contributed by atoms with Gasteiger partial charge in [-0.15, -0.1) is 0 Å². The Hall–Kier alpha value is -2.55. The predicted molar refractivity (Wildman–Crippen MR) is 62.6 cm³/mol. The number of carbonyl (C=O) groups excluding carboxylic acids is 2. The molecule has 1 aromatic carbocycles. The lowest BCUT2D eigenvalue weighted by Gasteiger charge is -2.18. The molecular weight excluding hydrogens is 234 g/mol. The average molecular weight is 245 g/mol. The summed E-state index contributed by atoms with van der Waals surface area (Å²) in [6, 6.07) is 7.04. The molecular formula is C12H11N3O3. The first kappa shape index (κ1) is 11.9. The molecule has 0 spiro atoms. The van der Waals surface area contributed by atoms with Gasteiger partial charge in [-0.25, -0.2) is 0 Å². The Morgan fingerprint density at radius 2 is 2.39 bits per heavy atom. The van der Waals surface area contributed by atoms with Crippen molar-refractivity contribution in [3.8, 4) is 11.8 Å². The summed E-state index contributed by atoms with van der Waals surface area (Å²) in [6.45, 7) is 0.328. The van der Waals surface area contributed by atoms with Crippen LogP contribution in [0.2, 0.25) is 0 Å². The largest absolute Gasteiger partial charge is 0.482 e. The normalized spacial score (nSPS) is 12.7. The van der Waals surface area contributed by atoms with Crippen LogP contribution in [0.3, 0.4) is 0 Å². The fourth-order valence-corrected chi connectivity index (χ4v) is 1.58. The lowest BCUT2D eigenvalue weighted by molar-refractivity contribution is -0.120.